The van der Waals surface area contributed by atoms with Crippen molar-refractivity contribution in [3.63, 3.8) is 0 Å². The van der Waals surface area contributed by atoms with Gasteiger partial charge >= 0.3 is 0 Å². The molecule has 0 aliphatic carbocycles. The molecular formula is C27H22FN3O3S2. The van der Waals surface area contributed by atoms with Crippen LogP contribution in [0.2, 0.25) is 0 Å². The molecule has 36 heavy (non-hydrogen) atoms. The lowest BCUT2D eigenvalue weighted by atomic mass is 10.2. The van der Waals surface area contributed by atoms with Crippen LogP contribution in [0.4, 0.5) is 27.1 Å². The predicted molar refractivity (Wildman–Crippen MR) is 141 cm³/mol. The molecule has 0 saturated heterocycles. The Bertz CT molecular complexity index is 1500. The Kier molecular flexibility index (Phi) is 6.67. The monoisotopic (exact) mass is 519 g/mol. The van der Waals surface area contributed by atoms with Crippen LogP contribution in [0.15, 0.2) is 112 Å². The van der Waals surface area contributed by atoms with Crippen LogP contribution >= 0.6 is 11.8 Å². The number of amides is 1. The molecule has 0 fully saturated rings. The molecule has 1 aliphatic rings. The molecule has 1 amide bonds. The van der Waals surface area contributed by atoms with Crippen molar-refractivity contribution in [2.75, 3.05) is 21.5 Å². The Balaban J connectivity index is 1.29. The fourth-order valence-corrected chi connectivity index (χ4v) is 6.16. The number of sulfonamides is 1. The average molecular weight is 520 g/mol. The highest BCUT2D eigenvalue weighted by molar-refractivity contribution is 7.99. The van der Waals surface area contributed by atoms with Crippen LogP contribution in [0.3, 0.4) is 0 Å². The van der Waals surface area contributed by atoms with Gasteiger partial charge in [0.25, 0.3) is 10.0 Å². The zero-order chi connectivity index (χ0) is 25.1. The SMILES string of the molecule is O=C(CCN1c2ccccc2Sc2ccccc21)Nc1cccc(S(=O)(=O)Nc2ccccc2F)c1. The molecule has 0 atom stereocenters. The van der Waals surface area contributed by atoms with Crippen LogP contribution < -0.4 is 14.9 Å². The van der Waals surface area contributed by atoms with E-state index in [1.807, 2.05) is 36.4 Å². The second-order valence-electron chi connectivity index (χ2n) is 8.10. The van der Waals surface area contributed by atoms with Crippen LogP contribution in [0.1, 0.15) is 6.42 Å². The number of carbonyl (C=O) groups is 1. The van der Waals surface area contributed by atoms with Crippen molar-refractivity contribution in [2.24, 2.45) is 0 Å². The number of halogens is 1. The zero-order valence-electron chi connectivity index (χ0n) is 19.0. The smallest absolute Gasteiger partial charge is 0.262 e. The van der Waals surface area contributed by atoms with Gasteiger partial charge in [0.1, 0.15) is 5.82 Å². The van der Waals surface area contributed by atoms with Crippen molar-refractivity contribution in [1.29, 1.82) is 0 Å². The average Bonchev–Trinajstić information content (AvgIpc) is 2.88. The number of hydrogen-bond donors (Lipinski definition) is 2. The van der Waals surface area contributed by atoms with Gasteiger partial charge in [0, 0.05) is 28.4 Å². The summed E-state index contributed by atoms with van der Waals surface area (Å²) in [4.78, 5) is 17.1. The third kappa shape index (κ3) is 5.07. The first kappa shape index (κ1) is 23.9. The molecule has 0 saturated carbocycles. The molecule has 9 heteroatoms. The normalized spacial score (nSPS) is 12.4. The zero-order valence-corrected chi connectivity index (χ0v) is 20.7. The number of benzene rings is 4. The lowest BCUT2D eigenvalue weighted by Crippen LogP contribution is -2.26. The van der Waals surface area contributed by atoms with E-state index in [1.165, 1.54) is 42.5 Å². The number of rotatable bonds is 7. The van der Waals surface area contributed by atoms with Crippen molar-refractivity contribution in [3.05, 3.63) is 103 Å². The molecule has 0 radical (unpaired) electrons. The maximum Gasteiger partial charge on any atom is 0.262 e. The largest absolute Gasteiger partial charge is 0.339 e. The minimum Gasteiger partial charge on any atom is -0.339 e. The van der Waals surface area contributed by atoms with Crippen LogP contribution in [-0.4, -0.2) is 20.9 Å². The number of nitrogens with one attached hydrogen (secondary N) is 2. The highest BCUT2D eigenvalue weighted by atomic mass is 32.2. The van der Waals surface area contributed by atoms with Crippen LogP contribution in [0.25, 0.3) is 0 Å². The molecule has 6 nitrogen and oxygen atoms in total. The minimum absolute atomic E-state index is 0.0838. The van der Waals surface area contributed by atoms with E-state index in [-0.39, 0.29) is 22.9 Å². The molecule has 1 heterocycles. The maximum atomic E-state index is 13.9. The van der Waals surface area contributed by atoms with Crippen LogP contribution in [0, 0.1) is 5.82 Å². The predicted octanol–water partition coefficient (Wildman–Crippen LogP) is 6.26. The fraction of sp³-hybridized carbons (Fsp3) is 0.0741. The number of anilines is 4. The van der Waals surface area contributed by atoms with Crippen molar-refractivity contribution in [2.45, 2.75) is 21.1 Å². The highest BCUT2D eigenvalue weighted by Crippen LogP contribution is 2.47. The number of carbonyl (C=O) groups excluding carboxylic acids is 1. The van der Waals surface area contributed by atoms with Crippen LogP contribution in [0.5, 0.6) is 0 Å². The van der Waals surface area contributed by atoms with Crippen molar-refractivity contribution < 1.29 is 17.6 Å². The summed E-state index contributed by atoms with van der Waals surface area (Å²) < 4.78 is 41.7. The second-order valence-corrected chi connectivity index (χ2v) is 10.9. The van der Waals surface area contributed by atoms with Gasteiger partial charge in [-0.05, 0) is 54.6 Å². The number of nitrogens with zero attached hydrogens (tertiary/aromatic N) is 1. The number of fused-ring (bicyclic) bond motifs is 2. The summed E-state index contributed by atoms with van der Waals surface area (Å²) in [6.07, 6.45) is 0.192. The van der Waals surface area contributed by atoms with Gasteiger partial charge in [0.2, 0.25) is 5.91 Å². The van der Waals surface area contributed by atoms with E-state index >= 15 is 0 Å². The molecular weight excluding hydrogens is 497 g/mol. The van der Waals surface area contributed by atoms with Gasteiger partial charge in [-0.25, -0.2) is 12.8 Å². The minimum atomic E-state index is -4.04. The lowest BCUT2D eigenvalue weighted by Gasteiger charge is -2.32. The topological polar surface area (TPSA) is 78.5 Å². The van der Waals surface area contributed by atoms with Gasteiger partial charge in [0.05, 0.1) is 22.0 Å². The van der Waals surface area contributed by atoms with E-state index in [0.717, 1.165) is 21.2 Å². The van der Waals surface area contributed by atoms with E-state index in [1.54, 1.807) is 17.8 Å². The molecule has 0 spiro atoms. The summed E-state index contributed by atoms with van der Waals surface area (Å²) in [6.45, 7) is 0.452. The van der Waals surface area contributed by atoms with Gasteiger partial charge in [-0.2, -0.15) is 0 Å². The molecule has 4 aromatic carbocycles. The second kappa shape index (κ2) is 10.0. The lowest BCUT2D eigenvalue weighted by molar-refractivity contribution is -0.116. The van der Waals surface area contributed by atoms with Gasteiger partial charge in [-0.1, -0.05) is 54.2 Å². The summed E-state index contributed by atoms with van der Waals surface area (Å²) in [5, 5.41) is 2.78. The molecule has 4 aromatic rings. The summed E-state index contributed by atoms with van der Waals surface area (Å²) in [5.41, 5.74) is 2.28. The summed E-state index contributed by atoms with van der Waals surface area (Å²) in [5.74, 6) is -0.926. The highest BCUT2D eigenvalue weighted by Gasteiger charge is 2.23. The van der Waals surface area contributed by atoms with E-state index in [2.05, 4.69) is 27.1 Å². The first-order valence-corrected chi connectivity index (χ1v) is 13.5. The van der Waals surface area contributed by atoms with Crippen molar-refractivity contribution in [3.8, 4) is 0 Å². The van der Waals surface area contributed by atoms with E-state index in [9.17, 15) is 17.6 Å². The van der Waals surface area contributed by atoms with Gasteiger partial charge in [-0.15, -0.1) is 0 Å². The standard InChI is InChI=1S/C27H22FN3O3S2/c28-21-10-1-2-11-22(21)30-36(33,34)20-9-7-8-19(18-20)29-27(32)16-17-31-23-12-3-5-14-25(23)35-26-15-6-4-13-24(26)31/h1-15,18,30H,16-17H2,(H,29,32). The Hall–Kier alpha value is -3.82. The maximum absolute atomic E-state index is 13.9. The van der Waals surface area contributed by atoms with Crippen molar-refractivity contribution in [1.82, 2.24) is 0 Å². The van der Waals surface area contributed by atoms with Crippen molar-refractivity contribution >= 4 is 50.4 Å². The van der Waals surface area contributed by atoms with Gasteiger partial charge < -0.3 is 10.2 Å². The third-order valence-electron chi connectivity index (χ3n) is 5.64. The molecule has 182 valence electrons. The molecule has 0 aromatic heterocycles. The summed E-state index contributed by atoms with van der Waals surface area (Å²) in [6, 6.07) is 27.5. The first-order valence-electron chi connectivity index (χ1n) is 11.2. The van der Waals surface area contributed by atoms with Gasteiger partial charge in [-0.3, -0.25) is 9.52 Å². The Morgan fingerprint density at radius 1 is 0.833 bits per heavy atom. The van der Waals surface area contributed by atoms with Gasteiger partial charge in [0.15, 0.2) is 0 Å². The fourth-order valence-electron chi connectivity index (χ4n) is 3.95. The van der Waals surface area contributed by atoms with Crippen LogP contribution in [-0.2, 0) is 14.8 Å². The van der Waals surface area contributed by atoms with E-state index in [0.29, 0.717) is 12.2 Å². The molecule has 2 N–H and O–H groups in total. The third-order valence-corrected chi connectivity index (χ3v) is 8.13. The quantitative estimate of drug-likeness (QED) is 0.301. The molecule has 1 aliphatic heterocycles. The Labute approximate surface area is 213 Å². The molecule has 5 rings (SSSR count). The number of para-hydroxylation sites is 3. The first-order chi connectivity index (χ1) is 17.4. The summed E-state index contributed by atoms with van der Waals surface area (Å²) >= 11 is 1.70. The Morgan fingerprint density at radius 2 is 1.47 bits per heavy atom. The summed E-state index contributed by atoms with van der Waals surface area (Å²) in [7, 11) is -4.04. The van der Waals surface area contributed by atoms with E-state index in [4.69, 9.17) is 0 Å². The Morgan fingerprint density at radius 3 is 2.17 bits per heavy atom. The van der Waals surface area contributed by atoms with E-state index < -0.39 is 15.8 Å². The molecule has 0 unspecified atom stereocenters. The number of hydrogen-bond acceptors (Lipinski definition) is 5. The molecule has 0 bridgehead atoms.